The van der Waals surface area contributed by atoms with Crippen LogP contribution in [0.2, 0.25) is 0 Å². The Morgan fingerprint density at radius 2 is 1.93 bits per heavy atom. The summed E-state index contributed by atoms with van der Waals surface area (Å²) in [4.78, 5) is 16.1. The fourth-order valence-corrected chi connectivity index (χ4v) is 2.70. The highest BCUT2D eigenvalue weighted by molar-refractivity contribution is 5.77. The molecular weight excluding hydrogens is 178 g/mol. The van der Waals surface area contributed by atoms with Crippen LogP contribution in [0.5, 0.6) is 0 Å². The molecule has 1 N–H and O–H groups in total. The molecule has 2 rings (SSSR count). The van der Waals surface area contributed by atoms with Gasteiger partial charge in [0.1, 0.15) is 0 Å². The maximum atomic E-state index is 11.3. The lowest BCUT2D eigenvalue weighted by Gasteiger charge is -2.38. The maximum absolute atomic E-state index is 11.3. The fourth-order valence-electron chi connectivity index (χ4n) is 2.70. The van der Waals surface area contributed by atoms with Gasteiger partial charge in [-0.3, -0.25) is 9.69 Å². The molecule has 0 aromatic heterocycles. The van der Waals surface area contributed by atoms with E-state index < -0.39 is 0 Å². The van der Waals surface area contributed by atoms with E-state index in [1.54, 1.807) is 7.05 Å². The number of carbonyl (C=O) groups is 1. The van der Waals surface area contributed by atoms with Gasteiger partial charge in [0.05, 0.1) is 6.54 Å². The van der Waals surface area contributed by atoms with Gasteiger partial charge in [0.2, 0.25) is 5.91 Å². The van der Waals surface area contributed by atoms with Crippen LogP contribution >= 0.6 is 0 Å². The van der Waals surface area contributed by atoms with E-state index in [0.29, 0.717) is 18.6 Å². The summed E-state index contributed by atoms with van der Waals surface area (Å²) in [6, 6.07) is 1.21. The predicted octanol–water partition coefficient (Wildman–Crippen LogP) is -0.489. The van der Waals surface area contributed by atoms with Crippen LogP contribution in [0.1, 0.15) is 12.8 Å². The lowest BCUT2D eigenvalue weighted by atomic mass is 10.2. The number of hydrogen-bond acceptors (Lipinski definition) is 3. The Morgan fingerprint density at radius 1 is 1.36 bits per heavy atom. The van der Waals surface area contributed by atoms with E-state index in [9.17, 15) is 4.79 Å². The lowest BCUT2D eigenvalue weighted by molar-refractivity contribution is -0.123. The average molecular weight is 197 g/mol. The number of amides is 1. The second kappa shape index (κ2) is 3.87. The first kappa shape index (κ1) is 9.93. The smallest absolute Gasteiger partial charge is 0.233 e. The van der Waals surface area contributed by atoms with Gasteiger partial charge in [-0.05, 0) is 19.9 Å². The van der Waals surface area contributed by atoms with Gasteiger partial charge < -0.3 is 10.2 Å². The van der Waals surface area contributed by atoms with Crippen LogP contribution in [0.3, 0.4) is 0 Å². The summed E-state index contributed by atoms with van der Waals surface area (Å²) in [5.74, 6) is 0.145. The molecule has 2 aliphatic rings. The van der Waals surface area contributed by atoms with E-state index in [1.807, 2.05) is 0 Å². The van der Waals surface area contributed by atoms with Crippen molar-refractivity contribution in [1.82, 2.24) is 15.1 Å². The monoisotopic (exact) mass is 197 g/mol. The van der Waals surface area contributed by atoms with Crippen molar-refractivity contribution in [2.75, 3.05) is 33.7 Å². The predicted molar refractivity (Wildman–Crippen MR) is 55.1 cm³/mol. The molecule has 80 valence electrons. The molecule has 0 radical (unpaired) electrons. The topological polar surface area (TPSA) is 35.6 Å². The van der Waals surface area contributed by atoms with Crippen LogP contribution < -0.4 is 5.32 Å². The third-order valence-electron chi connectivity index (χ3n) is 3.42. The summed E-state index contributed by atoms with van der Waals surface area (Å²) in [6.07, 6.45) is 2.51. The molecule has 2 bridgehead atoms. The Hall–Kier alpha value is -0.610. The molecule has 2 heterocycles. The quantitative estimate of drug-likeness (QED) is 0.649. The Bertz CT molecular complexity index is 217. The van der Waals surface area contributed by atoms with Crippen LogP contribution in [-0.4, -0.2) is 61.5 Å². The van der Waals surface area contributed by atoms with Crippen molar-refractivity contribution in [2.24, 2.45) is 0 Å². The molecule has 2 saturated heterocycles. The van der Waals surface area contributed by atoms with Crippen molar-refractivity contribution in [1.29, 1.82) is 0 Å². The molecule has 2 atom stereocenters. The molecule has 0 spiro atoms. The van der Waals surface area contributed by atoms with E-state index in [0.717, 1.165) is 13.1 Å². The van der Waals surface area contributed by atoms with Gasteiger partial charge in [-0.25, -0.2) is 0 Å². The molecule has 1 amide bonds. The van der Waals surface area contributed by atoms with Gasteiger partial charge in [0.15, 0.2) is 0 Å². The number of piperazine rings is 1. The summed E-state index contributed by atoms with van der Waals surface area (Å²) < 4.78 is 0. The number of rotatable bonds is 2. The van der Waals surface area contributed by atoms with Gasteiger partial charge in [-0.1, -0.05) is 0 Å². The van der Waals surface area contributed by atoms with Gasteiger partial charge in [-0.2, -0.15) is 0 Å². The number of fused-ring (bicyclic) bond motifs is 2. The van der Waals surface area contributed by atoms with Crippen molar-refractivity contribution >= 4 is 5.91 Å². The van der Waals surface area contributed by atoms with Gasteiger partial charge in [0, 0.05) is 32.2 Å². The standard InChI is InChI=1S/C10H19N3O/c1-11-10(14)7-13-8-3-4-9(13)6-12(2)5-8/h8-9H,3-7H2,1-2H3,(H,11,14). The average Bonchev–Trinajstić information content (AvgIpc) is 2.41. The minimum atomic E-state index is 0.145. The zero-order valence-electron chi connectivity index (χ0n) is 8.99. The first-order valence-corrected chi connectivity index (χ1v) is 5.35. The van der Waals surface area contributed by atoms with Crippen LogP contribution in [-0.2, 0) is 4.79 Å². The van der Waals surface area contributed by atoms with Crippen molar-refractivity contribution in [3.63, 3.8) is 0 Å². The molecule has 4 heteroatoms. The maximum Gasteiger partial charge on any atom is 0.233 e. The van der Waals surface area contributed by atoms with Crippen LogP contribution in [0, 0.1) is 0 Å². The van der Waals surface area contributed by atoms with Crippen LogP contribution in [0.15, 0.2) is 0 Å². The molecule has 2 unspecified atom stereocenters. The zero-order chi connectivity index (χ0) is 10.1. The summed E-state index contributed by atoms with van der Waals surface area (Å²) in [7, 11) is 3.88. The molecule has 0 aliphatic carbocycles. The third kappa shape index (κ3) is 1.77. The van der Waals surface area contributed by atoms with Crippen molar-refractivity contribution in [3.8, 4) is 0 Å². The summed E-state index contributed by atoms with van der Waals surface area (Å²) in [6.45, 7) is 2.82. The Morgan fingerprint density at radius 3 is 2.43 bits per heavy atom. The van der Waals surface area contributed by atoms with Crippen molar-refractivity contribution in [2.45, 2.75) is 24.9 Å². The fraction of sp³-hybridized carbons (Fsp3) is 0.900. The zero-order valence-corrected chi connectivity index (χ0v) is 8.99. The molecule has 0 saturated carbocycles. The van der Waals surface area contributed by atoms with Crippen molar-refractivity contribution in [3.05, 3.63) is 0 Å². The molecule has 0 aromatic carbocycles. The largest absolute Gasteiger partial charge is 0.358 e. The molecule has 2 fully saturated rings. The van der Waals surface area contributed by atoms with Gasteiger partial charge >= 0.3 is 0 Å². The minimum Gasteiger partial charge on any atom is -0.358 e. The molecule has 0 aromatic rings. The molecule has 2 aliphatic heterocycles. The number of nitrogens with one attached hydrogen (secondary N) is 1. The number of hydrogen-bond donors (Lipinski definition) is 1. The van der Waals surface area contributed by atoms with E-state index in [1.165, 1.54) is 12.8 Å². The summed E-state index contributed by atoms with van der Waals surface area (Å²) >= 11 is 0. The number of likely N-dealkylation sites (tertiary alicyclic amines) is 1. The molecular formula is C10H19N3O. The Labute approximate surface area is 85.2 Å². The second-order valence-electron chi connectivity index (χ2n) is 4.45. The van der Waals surface area contributed by atoms with E-state index in [-0.39, 0.29) is 5.91 Å². The second-order valence-corrected chi connectivity index (χ2v) is 4.45. The summed E-state index contributed by atoms with van der Waals surface area (Å²) in [5, 5.41) is 2.70. The molecule has 14 heavy (non-hydrogen) atoms. The highest BCUT2D eigenvalue weighted by Gasteiger charge is 2.39. The Kier molecular flexibility index (Phi) is 2.74. The highest BCUT2D eigenvalue weighted by atomic mass is 16.1. The molecule has 4 nitrogen and oxygen atoms in total. The van der Waals surface area contributed by atoms with Crippen molar-refractivity contribution < 1.29 is 4.79 Å². The third-order valence-corrected chi connectivity index (χ3v) is 3.42. The Balaban J connectivity index is 1.97. The van der Waals surface area contributed by atoms with Gasteiger partial charge in [-0.15, -0.1) is 0 Å². The first-order valence-electron chi connectivity index (χ1n) is 5.35. The SMILES string of the molecule is CNC(=O)CN1C2CCC1CN(C)C2. The van der Waals surface area contributed by atoms with Crippen LogP contribution in [0.4, 0.5) is 0 Å². The van der Waals surface area contributed by atoms with Crippen LogP contribution in [0.25, 0.3) is 0 Å². The number of likely N-dealkylation sites (N-methyl/N-ethyl adjacent to an activating group) is 2. The summed E-state index contributed by atoms with van der Waals surface area (Å²) in [5.41, 5.74) is 0. The highest BCUT2D eigenvalue weighted by Crippen LogP contribution is 2.28. The van der Waals surface area contributed by atoms with E-state index >= 15 is 0 Å². The van der Waals surface area contributed by atoms with E-state index in [2.05, 4.69) is 22.2 Å². The van der Waals surface area contributed by atoms with Gasteiger partial charge in [0.25, 0.3) is 0 Å². The number of carbonyl (C=O) groups excluding carboxylic acids is 1. The number of nitrogens with zero attached hydrogens (tertiary/aromatic N) is 2. The first-order chi connectivity index (χ1) is 6.70. The lowest BCUT2D eigenvalue weighted by Crippen LogP contribution is -2.54. The normalized spacial score (nSPS) is 33.3. The minimum absolute atomic E-state index is 0.145. The van der Waals surface area contributed by atoms with E-state index in [4.69, 9.17) is 0 Å².